The van der Waals surface area contributed by atoms with Gasteiger partial charge in [-0.05, 0) is 49.9 Å². The number of likely N-dealkylation sites (tertiary alicyclic amines) is 1. The molecule has 2 heteroatoms. The van der Waals surface area contributed by atoms with Crippen molar-refractivity contribution < 1.29 is 0 Å². The van der Waals surface area contributed by atoms with Gasteiger partial charge in [0.15, 0.2) is 0 Å². The summed E-state index contributed by atoms with van der Waals surface area (Å²) < 4.78 is 0. The van der Waals surface area contributed by atoms with Crippen LogP contribution in [0, 0.1) is 17.8 Å². The van der Waals surface area contributed by atoms with Gasteiger partial charge in [-0.2, -0.15) is 0 Å². The van der Waals surface area contributed by atoms with Crippen LogP contribution in [0.5, 0.6) is 0 Å². The van der Waals surface area contributed by atoms with Gasteiger partial charge >= 0.3 is 0 Å². The van der Waals surface area contributed by atoms with Crippen LogP contribution >= 0.6 is 0 Å². The van der Waals surface area contributed by atoms with E-state index in [0.717, 1.165) is 35.9 Å². The zero-order valence-electron chi connectivity index (χ0n) is 13.8. The lowest BCUT2D eigenvalue weighted by Gasteiger charge is -2.49. The molecule has 1 heterocycles. The van der Waals surface area contributed by atoms with Gasteiger partial charge in [0.2, 0.25) is 0 Å². The van der Waals surface area contributed by atoms with Crippen LogP contribution in [0.3, 0.4) is 0 Å². The highest BCUT2D eigenvalue weighted by Crippen LogP contribution is 2.36. The molecule has 1 aliphatic heterocycles. The number of rotatable bonds is 4. The number of nitrogens with one attached hydrogen (secondary N) is 1. The maximum Gasteiger partial charge on any atom is 0.0200 e. The Morgan fingerprint density at radius 1 is 0.950 bits per heavy atom. The maximum absolute atomic E-state index is 4.01. The predicted octanol–water partition coefficient (Wildman–Crippen LogP) is 3.66. The van der Waals surface area contributed by atoms with E-state index < -0.39 is 0 Å². The Labute approximate surface area is 125 Å². The summed E-state index contributed by atoms with van der Waals surface area (Å²) in [5.41, 5.74) is 0. The van der Waals surface area contributed by atoms with E-state index in [1.165, 1.54) is 58.0 Å². The predicted molar refractivity (Wildman–Crippen MR) is 85.9 cm³/mol. The van der Waals surface area contributed by atoms with Crippen LogP contribution in [0.15, 0.2) is 0 Å². The second-order valence-corrected chi connectivity index (χ2v) is 8.16. The largest absolute Gasteiger partial charge is 0.310 e. The number of nitrogens with zero attached hydrogens (tertiary/aromatic N) is 1. The molecule has 2 nitrogen and oxygen atoms in total. The molecule has 0 amide bonds. The molecule has 2 aliphatic carbocycles. The summed E-state index contributed by atoms with van der Waals surface area (Å²) in [6, 6.07) is 2.48. The number of hydrogen-bond acceptors (Lipinski definition) is 2. The van der Waals surface area contributed by atoms with E-state index in [1.54, 1.807) is 0 Å². The van der Waals surface area contributed by atoms with Crippen molar-refractivity contribution in [1.82, 2.24) is 10.2 Å². The number of hydrogen-bond donors (Lipinski definition) is 1. The number of piperidine rings is 1. The van der Waals surface area contributed by atoms with Gasteiger partial charge in [0.05, 0.1) is 0 Å². The first-order chi connectivity index (χ1) is 9.63. The highest BCUT2D eigenvalue weighted by molar-refractivity contribution is 4.94. The monoisotopic (exact) mass is 278 g/mol. The van der Waals surface area contributed by atoms with Crippen molar-refractivity contribution in [2.24, 2.45) is 17.8 Å². The van der Waals surface area contributed by atoms with E-state index in [2.05, 4.69) is 31.0 Å². The average molecular weight is 278 g/mol. The summed E-state index contributed by atoms with van der Waals surface area (Å²) in [4.78, 5) is 2.84. The molecule has 0 aromatic heterocycles. The van der Waals surface area contributed by atoms with E-state index in [4.69, 9.17) is 0 Å². The SMILES string of the molecule is CC(C)C1CC(NC2CCCC2)CN(C2CCC2C)C1. The average Bonchev–Trinajstić information content (AvgIpc) is 2.89. The molecule has 3 fully saturated rings. The highest BCUT2D eigenvalue weighted by Gasteiger charge is 2.38. The zero-order chi connectivity index (χ0) is 14.1. The molecule has 0 spiro atoms. The molecule has 3 aliphatic rings. The molecule has 0 aromatic carbocycles. The van der Waals surface area contributed by atoms with E-state index >= 15 is 0 Å². The minimum atomic E-state index is 0.757. The van der Waals surface area contributed by atoms with Crippen LogP contribution in [-0.4, -0.2) is 36.1 Å². The minimum Gasteiger partial charge on any atom is -0.310 e. The van der Waals surface area contributed by atoms with Gasteiger partial charge in [0.1, 0.15) is 0 Å². The van der Waals surface area contributed by atoms with Gasteiger partial charge in [0.25, 0.3) is 0 Å². The van der Waals surface area contributed by atoms with Crippen LogP contribution < -0.4 is 5.32 Å². The third-order valence-corrected chi connectivity index (χ3v) is 6.32. The first kappa shape index (κ1) is 14.8. The third-order valence-electron chi connectivity index (χ3n) is 6.32. The lowest BCUT2D eigenvalue weighted by Crippen LogP contribution is -2.58. The van der Waals surface area contributed by atoms with Gasteiger partial charge in [-0.15, -0.1) is 0 Å². The zero-order valence-corrected chi connectivity index (χ0v) is 13.8. The first-order valence-corrected chi connectivity index (χ1v) is 9.13. The second kappa shape index (κ2) is 6.36. The molecule has 20 heavy (non-hydrogen) atoms. The van der Waals surface area contributed by atoms with Crippen molar-refractivity contribution in [3.05, 3.63) is 0 Å². The summed E-state index contributed by atoms with van der Waals surface area (Å²) in [6.07, 6.45) is 10.0. The van der Waals surface area contributed by atoms with Gasteiger partial charge in [-0.3, -0.25) is 4.90 Å². The summed E-state index contributed by atoms with van der Waals surface area (Å²) in [5.74, 6) is 2.67. The second-order valence-electron chi connectivity index (χ2n) is 8.16. The molecular weight excluding hydrogens is 244 g/mol. The van der Waals surface area contributed by atoms with Gasteiger partial charge in [-0.1, -0.05) is 33.6 Å². The quantitative estimate of drug-likeness (QED) is 0.844. The summed E-state index contributed by atoms with van der Waals surface area (Å²) in [5, 5.41) is 4.01. The van der Waals surface area contributed by atoms with Crippen molar-refractivity contribution in [3.8, 4) is 0 Å². The molecule has 4 atom stereocenters. The maximum atomic E-state index is 4.01. The topological polar surface area (TPSA) is 15.3 Å². The molecule has 3 rings (SSSR count). The highest BCUT2D eigenvalue weighted by atomic mass is 15.2. The van der Waals surface area contributed by atoms with Gasteiger partial charge in [-0.25, -0.2) is 0 Å². The fourth-order valence-electron chi connectivity index (χ4n) is 4.67. The molecule has 0 radical (unpaired) electrons. The molecule has 116 valence electrons. The standard InChI is InChI=1S/C18H34N2/c1-13(2)15-10-17(19-16-6-4-5-7-16)12-20(11-15)18-9-8-14(18)3/h13-19H,4-12H2,1-3H3. The fraction of sp³-hybridized carbons (Fsp3) is 1.00. The van der Waals surface area contributed by atoms with Crippen LogP contribution in [0.4, 0.5) is 0 Å². The molecular formula is C18H34N2. The third kappa shape index (κ3) is 3.22. The van der Waals surface area contributed by atoms with Gasteiger partial charge in [0, 0.05) is 31.2 Å². The van der Waals surface area contributed by atoms with Crippen molar-refractivity contribution in [3.63, 3.8) is 0 Å². The Bertz CT molecular complexity index is 307. The van der Waals surface area contributed by atoms with E-state index in [1.807, 2.05) is 0 Å². The van der Waals surface area contributed by atoms with Crippen LogP contribution in [0.25, 0.3) is 0 Å². The summed E-state index contributed by atoms with van der Waals surface area (Å²) in [7, 11) is 0. The molecule has 2 saturated carbocycles. The smallest absolute Gasteiger partial charge is 0.0200 e. The Hall–Kier alpha value is -0.0800. The van der Waals surface area contributed by atoms with E-state index in [-0.39, 0.29) is 0 Å². The molecule has 0 aromatic rings. The Morgan fingerprint density at radius 3 is 2.25 bits per heavy atom. The minimum absolute atomic E-state index is 0.757. The van der Waals surface area contributed by atoms with Gasteiger partial charge < -0.3 is 5.32 Å². The Kier molecular flexibility index (Phi) is 4.72. The Morgan fingerprint density at radius 2 is 1.70 bits per heavy atom. The molecule has 1 saturated heterocycles. The Balaban J connectivity index is 1.60. The van der Waals surface area contributed by atoms with Crippen molar-refractivity contribution in [1.29, 1.82) is 0 Å². The lowest BCUT2D eigenvalue weighted by atomic mass is 9.77. The molecule has 0 bridgehead atoms. The van der Waals surface area contributed by atoms with Crippen molar-refractivity contribution >= 4 is 0 Å². The fourth-order valence-corrected chi connectivity index (χ4v) is 4.67. The van der Waals surface area contributed by atoms with Crippen LogP contribution in [-0.2, 0) is 0 Å². The van der Waals surface area contributed by atoms with Crippen LogP contribution in [0.2, 0.25) is 0 Å². The molecule has 1 N–H and O–H groups in total. The summed E-state index contributed by atoms with van der Waals surface area (Å²) in [6.45, 7) is 9.97. The normalized spacial score (nSPS) is 40.2. The van der Waals surface area contributed by atoms with Crippen LogP contribution in [0.1, 0.15) is 65.7 Å². The summed E-state index contributed by atoms with van der Waals surface area (Å²) >= 11 is 0. The van der Waals surface area contributed by atoms with Crippen molar-refractivity contribution in [2.45, 2.75) is 83.8 Å². The van der Waals surface area contributed by atoms with Crippen molar-refractivity contribution in [2.75, 3.05) is 13.1 Å². The molecule has 4 unspecified atom stereocenters. The van der Waals surface area contributed by atoms with E-state index in [9.17, 15) is 0 Å². The first-order valence-electron chi connectivity index (χ1n) is 9.13. The lowest BCUT2D eigenvalue weighted by molar-refractivity contribution is 0.0114. The van der Waals surface area contributed by atoms with E-state index in [0.29, 0.717) is 0 Å².